The Hall–Kier alpha value is -2.37. The van der Waals surface area contributed by atoms with Crippen LogP contribution in [0.5, 0.6) is 0 Å². The Morgan fingerprint density at radius 2 is 1.78 bits per heavy atom. The third kappa shape index (κ3) is 6.73. The number of carbonyl (C=O) groups is 4. The van der Waals surface area contributed by atoms with Crippen molar-refractivity contribution in [3.05, 3.63) is 33.4 Å². The fourth-order valence-corrected chi connectivity index (χ4v) is 8.67. The number of benzene rings is 1. The maximum atomic E-state index is 14.4. The SMILES string of the molecule is CC(C)(C)OC(=O)CCC(CO)NC(=O)CCNC(=O)C12CC3OC(=O)C1N(Cc1ccccc1I)OC2C1OC(C2CC2)(C2CC2)OC31. The summed E-state index contributed by atoms with van der Waals surface area (Å²) in [5, 5.41) is 17.1. The van der Waals surface area contributed by atoms with Gasteiger partial charge in [-0.25, -0.2) is 0 Å². The Kier molecular flexibility index (Phi) is 9.52. The average Bonchev–Trinajstić information content (AvgIpc) is 3.99. The monoisotopic (exact) mass is 795 g/mol. The molecule has 2 bridgehead atoms. The van der Waals surface area contributed by atoms with Crippen LogP contribution in [-0.2, 0) is 49.5 Å². The summed E-state index contributed by atoms with van der Waals surface area (Å²) in [5.74, 6) is -1.94. The van der Waals surface area contributed by atoms with Crippen LogP contribution < -0.4 is 10.6 Å². The Bertz CT molecular complexity index is 1470. The molecule has 3 aliphatic heterocycles. The molecule has 268 valence electrons. The van der Waals surface area contributed by atoms with Crippen LogP contribution in [0, 0.1) is 20.8 Å². The first-order valence-electron chi connectivity index (χ1n) is 17.5. The molecule has 0 aromatic heterocycles. The second-order valence-electron chi connectivity index (χ2n) is 15.3. The summed E-state index contributed by atoms with van der Waals surface area (Å²) in [6.07, 6.45) is 1.81. The predicted octanol–water partition coefficient (Wildman–Crippen LogP) is 2.50. The normalized spacial score (nSPS) is 32.2. The topological polar surface area (TPSA) is 162 Å². The van der Waals surface area contributed by atoms with Gasteiger partial charge in [-0.3, -0.25) is 24.0 Å². The zero-order chi connectivity index (χ0) is 34.7. The van der Waals surface area contributed by atoms with Gasteiger partial charge < -0.3 is 34.7 Å². The molecule has 49 heavy (non-hydrogen) atoms. The molecule has 3 aliphatic carbocycles. The number of amides is 2. The molecule has 14 heteroatoms. The van der Waals surface area contributed by atoms with E-state index in [2.05, 4.69) is 33.2 Å². The van der Waals surface area contributed by atoms with Crippen LogP contribution in [0.3, 0.4) is 0 Å². The molecule has 3 saturated carbocycles. The summed E-state index contributed by atoms with van der Waals surface area (Å²) in [4.78, 5) is 60.0. The van der Waals surface area contributed by atoms with E-state index in [4.69, 9.17) is 23.8 Å². The highest BCUT2D eigenvalue weighted by Gasteiger charge is 2.78. The molecule has 6 fully saturated rings. The summed E-state index contributed by atoms with van der Waals surface area (Å²) in [7, 11) is 0. The molecule has 3 heterocycles. The number of hydroxylamine groups is 2. The molecule has 7 rings (SSSR count). The molecule has 1 aromatic rings. The van der Waals surface area contributed by atoms with E-state index < -0.39 is 77.1 Å². The minimum Gasteiger partial charge on any atom is -0.460 e. The Morgan fingerprint density at radius 3 is 2.43 bits per heavy atom. The first kappa shape index (κ1) is 35.1. The molecule has 3 N–H and O–H groups in total. The van der Waals surface area contributed by atoms with Crippen LogP contribution in [0.2, 0.25) is 0 Å². The van der Waals surface area contributed by atoms with Crippen LogP contribution in [0.4, 0.5) is 0 Å². The van der Waals surface area contributed by atoms with E-state index in [1.54, 1.807) is 25.8 Å². The van der Waals surface area contributed by atoms with Gasteiger partial charge in [-0.15, -0.1) is 0 Å². The third-order valence-corrected chi connectivity index (χ3v) is 11.6. The smallest absolute Gasteiger partial charge is 0.327 e. The van der Waals surface area contributed by atoms with Gasteiger partial charge in [0.05, 0.1) is 19.2 Å². The lowest BCUT2D eigenvalue weighted by Gasteiger charge is -2.48. The number of nitrogens with one attached hydrogen (secondary N) is 2. The van der Waals surface area contributed by atoms with Crippen molar-refractivity contribution in [3.63, 3.8) is 0 Å². The minimum absolute atomic E-state index is 0.00803. The minimum atomic E-state index is -1.33. The van der Waals surface area contributed by atoms with E-state index in [1.165, 1.54) is 0 Å². The molecule has 3 saturated heterocycles. The van der Waals surface area contributed by atoms with E-state index in [0.29, 0.717) is 0 Å². The summed E-state index contributed by atoms with van der Waals surface area (Å²) < 4.78 is 26.0. The van der Waals surface area contributed by atoms with Crippen molar-refractivity contribution in [2.75, 3.05) is 13.2 Å². The maximum Gasteiger partial charge on any atom is 0.327 e. The summed E-state index contributed by atoms with van der Waals surface area (Å²) in [6, 6.07) is 6.14. The second-order valence-corrected chi connectivity index (χ2v) is 16.5. The summed E-state index contributed by atoms with van der Waals surface area (Å²) in [6.45, 7) is 5.22. The Labute approximate surface area is 299 Å². The van der Waals surface area contributed by atoms with Gasteiger partial charge in [-0.2, -0.15) is 5.06 Å². The molecule has 6 aliphatic rings. The molecule has 7 atom stereocenters. The quantitative estimate of drug-likeness (QED) is 0.199. The largest absolute Gasteiger partial charge is 0.460 e. The maximum absolute atomic E-state index is 14.4. The molecule has 13 nitrogen and oxygen atoms in total. The number of hydrogen-bond donors (Lipinski definition) is 3. The van der Waals surface area contributed by atoms with Gasteiger partial charge in [0.2, 0.25) is 11.8 Å². The number of hydrogen-bond acceptors (Lipinski definition) is 11. The van der Waals surface area contributed by atoms with Crippen molar-refractivity contribution < 1.29 is 48.1 Å². The van der Waals surface area contributed by atoms with Crippen molar-refractivity contribution >= 4 is 46.3 Å². The van der Waals surface area contributed by atoms with E-state index in [9.17, 15) is 24.3 Å². The molecule has 7 unspecified atom stereocenters. The van der Waals surface area contributed by atoms with Crippen LogP contribution in [-0.4, -0.2) is 95.0 Å². The molecular formula is C35H46IN3O10. The van der Waals surface area contributed by atoms with Crippen molar-refractivity contribution in [1.29, 1.82) is 0 Å². The van der Waals surface area contributed by atoms with Crippen LogP contribution in [0.1, 0.15) is 77.7 Å². The lowest BCUT2D eigenvalue weighted by atomic mass is 9.62. The third-order valence-electron chi connectivity index (χ3n) is 10.5. The lowest BCUT2D eigenvalue weighted by Crippen LogP contribution is -2.69. The van der Waals surface area contributed by atoms with Crippen LogP contribution in [0.25, 0.3) is 0 Å². The number of carbonyl (C=O) groups excluding carboxylic acids is 4. The lowest BCUT2D eigenvalue weighted by molar-refractivity contribution is -0.235. The fourth-order valence-electron chi connectivity index (χ4n) is 8.11. The first-order chi connectivity index (χ1) is 23.3. The number of esters is 2. The highest BCUT2D eigenvalue weighted by atomic mass is 127. The van der Waals surface area contributed by atoms with Crippen molar-refractivity contribution in [3.8, 4) is 0 Å². The van der Waals surface area contributed by atoms with E-state index in [1.807, 2.05) is 24.3 Å². The van der Waals surface area contributed by atoms with Crippen LogP contribution in [0.15, 0.2) is 24.3 Å². The highest BCUT2D eigenvalue weighted by Crippen LogP contribution is 2.63. The zero-order valence-electron chi connectivity index (χ0n) is 28.2. The zero-order valence-corrected chi connectivity index (χ0v) is 30.3. The van der Waals surface area contributed by atoms with Gasteiger partial charge >= 0.3 is 11.9 Å². The highest BCUT2D eigenvalue weighted by molar-refractivity contribution is 14.1. The van der Waals surface area contributed by atoms with Gasteiger partial charge in [0.1, 0.15) is 35.4 Å². The number of aliphatic hydroxyl groups is 1. The summed E-state index contributed by atoms with van der Waals surface area (Å²) >= 11 is 2.25. The van der Waals surface area contributed by atoms with Crippen LogP contribution >= 0.6 is 22.6 Å². The van der Waals surface area contributed by atoms with Crippen molar-refractivity contribution in [2.45, 2.75) is 127 Å². The van der Waals surface area contributed by atoms with Gasteiger partial charge in [0.25, 0.3) is 0 Å². The number of halogens is 1. The Balaban J connectivity index is 1.07. The number of rotatable bonds is 13. The Morgan fingerprint density at radius 1 is 1.08 bits per heavy atom. The first-order valence-corrected chi connectivity index (χ1v) is 18.6. The number of aliphatic hydroxyl groups excluding tert-OH is 1. The number of fused-ring (bicyclic) bond motifs is 4. The molecule has 0 spiro atoms. The van der Waals surface area contributed by atoms with Gasteiger partial charge in [-0.1, -0.05) is 18.2 Å². The number of nitrogens with zero attached hydrogens (tertiary/aromatic N) is 1. The number of ether oxygens (including phenoxy) is 4. The van der Waals surface area contributed by atoms with Crippen molar-refractivity contribution in [1.82, 2.24) is 15.7 Å². The second kappa shape index (κ2) is 13.3. The van der Waals surface area contributed by atoms with Gasteiger partial charge in [0, 0.05) is 41.2 Å². The standard InChI is InChI=1S/C35H46IN3O10/c1-33(2,3)46-26(42)13-12-22(18-40)38-25(41)14-15-37-32(44)34-16-24-27-28(48-35(47-27,20-8-9-20)21-10-11-21)30(34)49-39(29(34)31(43)45-24)17-19-6-4-5-7-23(19)36/h4-7,20-22,24,27-30,40H,8-18H2,1-3H3,(H,37,44)(H,38,41). The van der Waals surface area contributed by atoms with Crippen molar-refractivity contribution in [2.24, 2.45) is 17.3 Å². The van der Waals surface area contributed by atoms with Gasteiger partial charge in [0.15, 0.2) is 11.8 Å². The van der Waals surface area contributed by atoms with E-state index >= 15 is 0 Å². The van der Waals surface area contributed by atoms with E-state index in [-0.39, 0.29) is 57.2 Å². The average molecular weight is 796 g/mol. The summed E-state index contributed by atoms with van der Waals surface area (Å²) in [5.41, 5.74) is -1.01. The fraction of sp³-hybridized carbons (Fsp3) is 0.714. The van der Waals surface area contributed by atoms with E-state index in [0.717, 1.165) is 34.8 Å². The molecule has 2 amide bonds. The predicted molar refractivity (Wildman–Crippen MR) is 180 cm³/mol. The molecule has 1 aromatic carbocycles. The molecule has 0 radical (unpaired) electrons. The molecular weight excluding hydrogens is 749 g/mol. The van der Waals surface area contributed by atoms with Gasteiger partial charge in [-0.05, 0) is 87.1 Å².